The number of nitrogens with zero attached hydrogens (tertiary/aromatic N) is 1. The molecule has 0 amide bonds. The third-order valence-corrected chi connectivity index (χ3v) is 4.08. The molecule has 2 atom stereocenters. The van der Waals surface area contributed by atoms with Gasteiger partial charge in [0, 0.05) is 24.7 Å². The van der Waals surface area contributed by atoms with Crippen molar-refractivity contribution in [2.45, 2.75) is 64.6 Å². The second kappa shape index (κ2) is 4.84. The van der Waals surface area contributed by atoms with Gasteiger partial charge in [0.25, 0.3) is 0 Å². The molecule has 1 saturated heterocycles. The molecule has 88 valence electrons. The van der Waals surface area contributed by atoms with Crippen LogP contribution in [0, 0.1) is 5.92 Å². The van der Waals surface area contributed by atoms with Crippen molar-refractivity contribution in [1.29, 1.82) is 0 Å². The van der Waals surface area contributed by atoms with Gasteiger partial charge in [0.15, 0.2) is 0 Å². The first kappa shape index (κ1) is 11.4. The maximum absolute atomic E-state index is 3.61. The fourth-order valence-corrected chi connectivity index (χ4v) is 2.86. The van der Waals surface area contributed by atoms with Crippen molar-refractivity contribution in [1.82, 2.24) is 10.2 Å². The van der Waals surface area contributed by atoms with Gasteiger partial charge in [0.05, 0.1) is 0 Å². The highest BCUT2D eigenvalue weighted by Gasteiger charge is 2.34. The van der Waals surface area contributed by atoms with E-state index in [1.165, 1.54) is 38.8 Å². The third-order valence-electron chi connectivity index (χ3n) is 4.08. The zero-order chi connectivity index (χ0) is 10.8. The fourth-order valence-electron chi connectivity index (χ4n) is 2.86. The van der Waals surface area contributed by atoms with Gasteiger partial charge in [-0.25, -0.2) is 0 Å². The lowest BCUT2D eigenvalue weighted by atomic mass is 10.1. The van der Waals surface area contributed by atoms with E-state index >= 15 is 0 Å². The number of nitrogens with one attached hydrogen (secondary N) is 1. The average Bonchev–Trinajstić information content (AvgIpc) is 2.92. The van der Waals surface area contributed by atoms with Gasteiger partial charge in [0.1, 0.15) is 0 Å². The first-order valence-electron chi connectivity index (χ1n) is 6.67. The molecule has 1 N–H and O–H groups in total. The smallest absolute Gasteiger partial charge is 0.0195 e. The van der Waals surface area contributed by atoms with Crippen molar-refractivity contribution in [2.75, 3.05) is 13.1 Å². The number of hydrogen-bond donors (Lipinski definition) is 1. The second-order valence-corrected chi connectivity index (χ2v) is 5.66. The van der Waals surface area contributed by atoms with Gasteiger partial charge in [-0.15, -0.1) is 0 Å². The monoisotopic (exact) mass is 210 g/mol. The van der Waals surface area contributed by atoms with Crippen LogP contribution < -0.4 is 5.32 Å². The summed E-state index contributed by atoms with van der Waals surface area (Å²) in [4.78, 5) is 2.71. The van der Waals surface area contributed by atoms with Crippen molar-refractivity contribution in [3.63, 3.8) is 0 Å². The van der Waals surface area contributed by atoms with E-state index < -0.39 is 0 Å². The summed E-state index contributed by atoms with van der Waals surface area (Å²) >= 11 is 0. The molecule has 1 heterocycles. The Morgan fingerprint density at radius 3 is 2.40 bits per heavy atom. The average molecular weight is 210 g/mol. The molecule has 0 spiro atoms. The highest BCUT2D eigenvalue weighted by molar-refractivity contribution is 4.89. The van der Waals surface area contributed by atoms with Crippen molar-refractivity contribution >= 4 is 0 Å². The summed E-state index contributed by atoms with van der Waals surface area (Å²) in [6.45, 7) is 9.60. The van der Waals surface area contributed by atoms with Gasteiger partial charge in [-0.3, -0.25) is 4.90 Å². The largest absolute Gasteiger partial charge is 0.313 e. The lowest BCUT2D eigenvalue weighted by Crippen LogP contribution is -2.46. The fraction of sp³-hybridized carbons (Fsp3) is 1.00. The van der Waals surface area contributed by atoms with Gasteiger partial charge in [-0.05, 0) is 58.9 Å². The number of rotatable bonds is 5. The lowest BCUT2D eigenvalue weighted by molar-refractivity contribution is 0.134. The molecule has 0 aromatic rings. The predicted octanol–water partition coefficient (Wildman–Crippen LogP) is 2.25. The van der Waals surface area contributed by atoms with Crippen LogP contribution >= 0.6 is 0 Å². The molecule has 2 aliphatic rings. The van der Waals surface area contributed by atoms with E-state index in [9.17, 15) is 0 Å². The van der Waals surface area contributed by atoms with Gasteiger partial charge in [-0.2, -0.15) is 0 Å². The summed E-state index contributed by atoms with van der Waals surface area (Å²) < 4.78 is 0. The molecule has 2 nitrogen and oxygen atoms in total. The molecule has 1 aliphatic heterocycles. The van der Waals surface area contributed by atoms with E-state index in [4.69, 9.17) is 0 Å². The zero-order valence-electron chi connectivity index (χ0n) is 10.5. The van der Waals surface area contributed by atoms with Crippen molar-refractivity contribution in [3.8, 4) is 0 Å². The molecular formula is C13H26N2. The Morgan fingerprint density at radius 1 is 1.20 bits per heavy atom. The Labute approximate surface area is 94.4 Å². The minimum atomic E-state index is 0.697. The molecule has 2 rings (SSSR count). The van der Waals surface area contributed by atoms with E-state index in [0.29, 0.717) is 6.04 Å². The zero-order valence-corrected chi connectivity index (χ0v) is 10.5. The summed E-state index contributed by atoms with van der Waals surface area (Å²) in [6, 6.07) is 2.25. The van der Waals surface area contributed by atoms with Crippen LogP contribution in [0.15, 0.2) is 0 Å². The van der Waals surface area contributed by atoms with Crippen LogP contribution in [-0.4, -0.2) is 36.1 Å². The standard InChI is InChI=1S/C13H26N2/c1-10(2)15(11(3)12-6-7-12)9-13-5-4-8-14-13/h10-14H,4-9H2,1-3H3. The summed E-state index contributed by atoms with van der Waals surface area (Å²) in [5, 5.41) is 3.61. The van der Waals surface area contributed by atoms with Crippen molar-refractivity contribution in [3.05, 3.63) is 0 Å². The van der Waals surface area contributed by atoms with E-state index in [1.54, 1.807) is 0 Å². The highest BCUT2D eigenvalue weighted by atomic mass is 15.2. The van der Waals surface area contributed by atoms with Gasteiger partial charge < -0.3 is 5.32 Å². The van der Waals surface area contributed by atoms with Crippen LogP contribution in [-0.2, 0) is 0 Å². The molecule has 0 bridgehead atoms. The summed E-state index contributed by atoms with van der Waals surface area (Å²) in [5.41, 5.74) is 0. The van der Waals surface area contributed by atoms with Crippen LogP contribution in [0.5, 0.6) is 0 Å². The molecule has 2 heteroatoms. The summed E-state index contributed by atoms with van der Waals surface area (Å²) in [7, 11) is 0. The van der Waals surface area contributed by atoms with E-state index in [-0.39, 0.29) is 0 Å². The molecule has 0 radical (unpaired) electrons. The first-order chi connectivity index (χ1) is 7.18. The maximum Gasteiger partial charge on any atom is 0.0195 e. The minimum Gasteiger partial charge on any atom is -0.313 e. The molecule has 1 saturated carbocycles. The van der Waals surface area contributed by atoms with Crippen LogP contribution in [0.1, 0.15) is 46.5 Å². The van der Waals surface area contributed by atoms with Gasteiger partial charge in [-0.1, -0.05) is 0 Å². The van der Waals surface area contributed by atoms with Gasteiger partial charge in [0.2, 0.25) is 0 Å². The second-order valence-electron chi connectivity index (χ2n) is 5.66. The minimum absolute atomic E-state index is 0.697. The Morgan fingerprint density at radius 2 is 1.93 bits per heavy atom. The summed E-state index contributed by atoms with van der Waals surface area (Å²) in [5.74, 6) is 0.994. The maximum atomic E-state index is 3.61. The number of hydrogen-bond acceptors (Lipinski definition) is 2. The van der Waals surface area contributed by atoms with Crippen LogP contribution in [0.4, 0.5) is 0 Å². The predicted molar refractivity (Wildman–Crippen MR) is 65.1 cm³/mol. The quantitative estimate of drug-likeness (QED) is 0.749. The third kappa shape index (κ3) is 2.94. The Balaban J connectivity index is 1.86. The van der Waals surface area contributed by atoms with E-state index in [1.807, 2.05) is 0 Å². The van der Waals surface area contributed by atoms with Crippen molar-refractivity contribution < 1.29 is 0 Å². The Bertz CT molecular complexity index is 193. The molecular weight excluding hydrogens is 184 g/mol. The molecule has 0 aromatic carbocycles. The molecule has 2 fully saturated rings. The normalized spacial score (nSPS) is 29.0. The Kier molecular flexibility index (Phi) is 3.68. The van der Waals surface area contributed by atoms with Crippen molar-refractivity contribution in [2.24, 2.45) is 5.92 Å². The molecule has 15 heavy (non-hydrogen) atoms. The molecule has 2 unspecified atom stereocenters. The van der Waals surface area contributed by atoms with E-state index in [0.717, 1.165) is 18.0 Å². The topological polar surface area (TPSA) is 15.3 Å². The lowest BCUT2D eigenvalue weighted by Gasteiger charge is -2.35. The highest BCUT2D eigenvalue weighted by Crippen LogP contribution is 2.36. The summed E-state index contributed by atoms with van der Waals surface area (Å²) in [6.07, 6.45) is 5.67. The molecule has 1 aliphatic carbocycles. The SMILES string of the molecule is CC(C)N(CC1CCCN1)C(C)C1CC1. The molecule has 0 aromatic heterocycles. The van der Waals surface area contributed by atoms with Crippen LogP contribution in [0.3, 0.4) is 0 Å². The van der Waals surface area contributed by atoms with Crippen LogP contribution in [0.25, 0.3) is 0 Å². The Hall–Kier alpha value is -0.0800. The van der Waals surface area contributed by atoms with Gasteiger partial charge >= 0.3 is 0 Å². The van der Waals surface area contributed by atoms with E-state index in [2.05, 4.69) is 31.0 Å². The first-order valence-corrected chi connectivity index (χ1v) is 6.67. The van der Waals surface area contributed by atoms with Crippen LogP contribution in [0.2, 0.25) is 0 Å².